The first-order valence-electron chi connectivity index (χ1n) is 20.7. The fourth-order valence-electron chi connectivity index (χ4n) is 9.05. The average Bonchev–Trinajstić information content (AvgIpc) is 3.92. The second-order valence-electron chi connectivity index (χ2n) is 15.7. The number of nitrogens with zero attached hydrogens (tertiary/aromatic N) is 1. The van der Waals surface area contributed by atoms with Crippen molar-refractivity contribution in [3.63, 3.8) is 0 Å². The van der Waals surface area contributed by atoms with E-state index in [-0.39, 0.29) is 0 Å². The molecule has 0 fully saturated rings. The minimum atomic E-state index is 1.12. The van der Waals surface area contributed by atoms with Crippen LogP contribution in [0.4, 0.5) is 17.1 Å². The molecule has 286 valence electrons. The number of fused-ring (bicyclic) bond motifs is 7. The topological polar surface area (TPSA) is 3.24 Å². The van der Waals surface area contributed by atoms with Crippen molar-refractivity contribution in [3.05, 3.63) is 224 Å². The summed E-state index contributed by atoms with van der Waals surface area (Å²) in [5.74, 6) is 0. The van der Waals surface area contributed by atoms with Gasteiger partial charge in [-0.05, 0) is 97.7 Å². The average molecular weight is 812 g/mol. The van der Waals surface area contributed by atoms with E-state index in [1.807, 2.05) is 22.7 Å². The van der Waals surface area contributed by atoms with Crippen LogP contribution in [0.5, 0.6) is 0 Å². The number of rotatable bonds is 7. The maximum atomic E-state index is 2.51. The van der Waals surface area contributed by atoms with E-state index < -0.39 is 0 Å². The third-order valence-corrected chi connectivity index (χ3v) is 14.5. The van der Waals surface area contributed by atoms with Crippen molar-refractivity contribution in [2.75, 3.05) is 4.90 Å². The Morgan fingerprint density at radius 3 is 1.66 bits per heavy atom. The van der Waals surface area contributed by atoms with Gasteiger partial charge in [-0.3, -0.25) is 0 Å². The lowest BCUT2D eigenvalue weighted by Crippen LogP contribution is -2.10. The lowest BCUT2D eigenvalue weighted by Gasteiger charge is -2.28. The van der Waals surface area contributed by atoms with Crippen molar-refractivity contribution in [1.82, 2.24) is 0 Å². The molecule has 3 heteroatoms. The van der Waals surface area contributed by atoms with Crippen LogP contribution < -0.4 is 4.90 Å². The summed E-state index contributed by atoms with van der Waals surface area (Å²) in [4.78, 5) is 2.51. The predicted molar refractivity (Wildman–Crippen MR) is 266 cm³/mol. The summed E-state index contributed by atoms with van der Waals surface area (Å²) < 4.78 is 5.15. The third-order valence-electron chi connectivity index (χ3n) is 12.1. The lowest BCUT2D eigenvalue weighted by atomic mass is 9.98. The van der Waals surface area contributed by atoms with E-state index in [9.17, 15) is 0 Å². The number of anilines is 3. The number of thiophene rings is 2. The maximum Gasteiger partial charge on any atom is 0.0640 e. The molecule has 2 aromatic heterocycles. The van der Waals surface area contributed by atoms with Gasteiger partial charge in [-0.15, -0.1) is 22.7 Å². The van der Waals surface area contributed by atoms with Crippen molar-refractivity contribution in [2.24, 2.45) is 0 Å². The molecule has 10 aromatic carbocycles. The molecule has 0 saturated heterocycles. The molecule has 0 radical (unpaired) electrons. The quantitative estimate of drug-likeness (QED) is 0.155. The van der Waals surface area contributed by atoms with Crippen LogP contribution in [0, 0.1) is 0 Å². The van der Waals surface area contributed by atoms with Gasteiger partial charge in [0.25, 0.3) is 0 Å². The second-order valence-corrected chi connectivity index (χ2v) is 17.8. The van der Waals surface area contributed by atoms with E-state index in [1.54, 1.807) is 0 Å². The summed E-state index contributed by atoms with van der Waals surface area (Å²) in [7, 11) is 0. The molecule has 0 aliphatic carbocycles. The molecule has 0 aliphatic rings. The Morgan fingerprint density at radius 1 is 0.295 bits per heavy atom. The van der Waals surface area contributed by atoms with Crippen LogP contribution in [0.1, 0.15) is 0 Å². The van der Waals surface area contributed by atoms with Crippen molar-refractivity contribution >= 4 is 90.9 Å². The monoisotopic (exact) mass is 811 g/mol. The summed E-state index contributed by atoms with van der Waals surface area (Å²) in [6, 6.07) is 82.3. The molecule has 0 atom stereocenters. The van der Waals surface area contributed by atoms with Crippen LogP contribution in [0.15, 0.2) is 224 Å². The summed E-state index contributed by atoms with van der Waals surface area (Å²) in [6.45, 7) is 0. The first-order chi connectivity index (χ1) is 30.2. The van der Waals surface area contributed by atoms with Crippen molar-refractivity contribution < 1.29 is 0 Å². The zero-order chi connectivity index (χ0) is 40.3. The largest absolute Gasteiger partial charge is 0.308 e. The molecule has 0 aliphatic heterocycles. The highest BCUT2D eigenvalue weighted by Gasteiger charge is 2.23. The molecular formula is C58H37NS2. The maximum absolute atomic E-state index is 2.51. The molecule has 1 nitrogen and oxygen atoms in total. The first-order valence-corrected chi connectivity index (χ1v) is 22.4. The van der Waals surface area contributed by atoms with Crippen LogP contribution in [0.2, 0.25) is 0 Å². The van der Waals surface area contributed by atoms with E-state index in [0.29, 0.717) is 0 Å². The van der Waals surface area contributed by atoms with Gasteiger partial charge in [-0.25, -0.2) is 0 Å². The van der Waals surface area contributed by atoms with E-state index in [4.69, 9.17) is 0 Å². The Hall–Kier alpha value is -7.30. The van der Waals surface area contributed by atoms with Crippen molar-refractivity contribution in [2.45, 2.75) is 0 Å². The zero-order valence-electron chi connectivity index (χ0n) is 33.1. The molecule has 12 aromatic rings. The SMILES string of the molecule is c1ccc(-c2ccc3c(c2)sc2c(N(c4ccc(-c5ccc(-c6ccc7ccccc7c6)cc5)cc4)c4ccc(-c5ccccc5)c5sc6ccccc6c45)cccc23)cc1. The molecule has 61 heavy (non-hydrogen) atoms. The van der Waals surface area contributed by atoms with E-state index in [2.05, 4.69) is 229 Å². The van der Waals surface area contributed by atoms with Crippen LogP contribution in [0.25, 0.3) is 95.6 Å². The van der Waals surface area contributed by atoms with Gasteiger partial charge in [0.15, 0.2) is 0 Å². The van der Waals surface area contributed by atoms with Crippen LogP contribution in [-0.2, 0) is 0 Å². The fourth-order valence-corrected chi connectivity index (χ4v) is 11.6. The van der Waals surface area contributed by atoms with Crippen LogP contribution in [0.3, 0.4) is 0 Å². The summed E-state index contributed by atoms with van der Waals surface area (Å²) in [6.07, 6.45) is 0. The van der Waals surface area contributed by atoms with E-state index in [0.717, 1.165) is 5.69 Å². The highest BCUT2D eigenvalue weighted by molar-refractivity contribution is 7.27. The summed E-state index contributed by atoms with van der Waals surface area (Å²) in [5, 5.41) is 7.64. The first kappa shape index (κ1) is 35.6. The Kier molecular flexibility index (Phi) is 8.62. The molecule has 0 N–H and O–H groups in total. The Morgan fingerprint density at radius 2 is 0.869 bits per heavy atom. The molecule has 0 spiro atoms. The summed E-state index contributed by atoms with van der Waals surface area (Å²) >= 11 is 3.77. The van der Waals surface area contributed by atoms with Crippen molar-refractivity contribution in [3.8, 4) is 44.5 Å². The van der Waals surface area contributed by atoms with Crippen molar-refractivity contribution in [1.29, 1.82) is 0 Å². The molecule has 0 saturated carbocycles. The molecule has 2 heterocycles. The van der Waals surface area contributed by atoms with Gasteiger partial charge in [-0.2, -0.15) is 0 Å². The second kappa shape index (κ2) is 14.8. The number of benzene rings is 10. The van der Waals surface area contributed by atoms with Gasteiger partial charge in [0, 0.05) is 41.3 Å². The Balaban J connectivity index is 1.02. The molecular weight excluding hydrogens is 775 g/mol. The zero-order valence-corrected chi connectivity index (χ0v) is 34.8. The van der Waals surface area contributed by atoms with Crippen LogP contribution >= 0.6 is 22.7 Å². The highest BCUT2D eigenvalue weighted by atomic mass is 32.1. The van der Waals surface area contributed by atoms with Gasteiger partial charge in [0.1, 0.15) is 0 Å². The van der Waals surface area contributed by atoms with Gasteiger partial charge in [0.2, 0.25) is 0 Å². The van der Waals surface area contributed by atoms with Gasteiger partial charge in [-0.1, -0.05) is 182 Å². The van der Waals surface area contributed by atoms with E-state index >= 15 is 0 Å². The number of hydrogen-bond donors (Lipinski definition) is 0. The van der Waals surface area contributed by atoms with Crippen LogP contribution in [-0.4, -0.2) is 0 Å². The van der Waals surface area contributed by atoms with Gasteiger partial charge >= 0.3 is 0 Å². The minimum absolute atomic E-state index is 1.12. The summed E-state index contributed by atoms with van der Waals surface area (Å²) in [5.41, 5.74) is 13.3. The molecule has 12 rings (SSSR count). The van der Waals surface area contributed by atoms with E-state index in [1.165, 1.54) is 107 Å². The minimum Gasteiger partial charge on any atom is -0.308 e. The molecule has 0 amide bonds. The highest BCUT2D eigenvalue weighted by Crippen LogP contribution is 2.51. The third kappa shape index (κ3) is 6.21. The van der Waals surface area contributed by atoms with Gasteiger partial charge in [0.05, 0.1) is 16.1 Å². The predicted octanol–water partition coefficient (Wildman–Crippen LogP) is 17.7. The Labute approximate surface area is 362 Å². The lowest BCUT2D eigenvalue weighted by molar-refractivity contribution is 1.32. The standard InChI is InChI=1S/C58H37NS2/c1-3-12-38(13-4-1)46-30-33-49-50-19-11-20-53(57(50)61-55(49)37-46)59(52-35-34-48(43-15-5-2-6-16-43)58-56(52)51-18-9-10-21-54(51)60-58)47-31-28-41(29-32-47)40-22-24-42(25-23-40)45-27-26-39-14-7-8-17-44(39)36-45/h1-37H. The molecule has 0 unspecified atom stereocenters. The fraction of sp³-hybridized carbons (Fsp3) is 0. The molecule has 0 bridgehead atoms. The van der Waals surface area contributed by atoms with Gasteiger partial charge < -0.3 is 4.90 Å². The smallest absolute Gasteiger partial charge is 0.0640 e. The number of hydrogen-bond acceptors (Lipinski definition) is 3. The Bertz CT molecular complexity index is 3560. The normalized spacial score (nSPS) is 11.6.